The summed E-state index contributed by atoms with van der Waals surface area (Å²) in [5.74, 6) is -0.156. The number of rotatable bonds is 59. The SMILES string of the molecule is CCCCCCCCCCCCCCCCCCCCCCCCCCCCCCCCCCCCC(=O)N[C@@H](COP(=O)([O-])OCC[N+](C)(C)C)[C@H](O)CCCCCCCCCCCCCCCC. The van der Waals surface area contributed by atoms with Crippen molar-refractivity contribution in [2.24, 2.45) is 0 Å². The first kappa shape index (κ1) is 69.5. The third-order valence-electron chi connectivity index (χ3n) is 14.8. The van der Waals surface area contributed by atoms with Gasteiger partial charge in [-0.1, -0.05) is 316 Å². The molecule has 0 aliphatic carbocycles. The van der Waals surface area contributed by atoms with Crippen molar-refractivity contribution in [3.63, 3.8) is 0 Å². The number of aliphatic hydroxyl groups excluding tert-OH is 1. The second-order valence-electron chi connectivity index (χ2n) is 23.1. The van der Waals surface area contributed by atoms with Gasteiger partial charge in [-0.05, 0) is 12.8 Å². The maximum absolute atomic E-state index is 13.0. The van der Waals surface area contributed by atoms with Crippen LogP contribution in [-0.4, -0.2) is 68.5 Å². The van der Waals surface area contributed by atoms with Crippen molar-refractivity contribution >= 4 is 13.7 Å². The van der Waals surface area contributed by atoms with Crippen molar-refractivity contribution in [1.82, 2.24) is 5.32 Å². The molecule has 0 aromatic heterocycles. The molecule has 0 aliphatic rings. The van der Waals surface area contributed by atoms with E-state index in [1.54, 1.807) is 0 Å². The number of carbonyl (C=O) groups is 1. The fourth-order valence-corrected chi connectivity index (χ4v) is 10.7. The Morgan fingerprint density at radius 3 is 0.971 bits per heavy atom. The van der Waals surface area contributed by atoms with E-state index in [0.29, 0.717) is 23.9 Å². The summed E-state index contributed by atoms with van der Waals surface area (Å²) < 4.78 is 23.4. The lowest BCUT2D eigenvalue weighted by atomic mass is 10.0. The van der Waals surface area contributed by atoms with E-state index < -0.39 is 20.0 Å². The van der Waals surface area contributed by atoms with E-state index in [1.807, 2.05) is 21.1 Å². The highest BCUT2D eigenvalue weighted by Crippen LogP contribution is 2.38. The van der Waals surface area contributed by atoms with E-state index in [2.05, 4.69) is 19.2 Å². The Morgan fingerprint density at radius 1 is 0.443 bits per heavy atom. The van der Waals surface area contributed by atoms with Gasteiger partial charge in [-0.15, -0.1) is 0 Å². The van der Waals surface area contributed by atoms with E-state index >= 15 is 0 Å². The molecule has 0 aromatic rings. The van der Waals surface area contributed by atoms with E-state index in [9.17, 15) is 19.4 Å². The molecular formula is C61H125N2O6P. The third kappa shape index (κ3) is 55.3. The standard InChI is InChI=1S/C61H125N2O6P/c1-6-8-10-12-14-16-18-20-22-23-24-25-26-27-28-29-30-31-32-33-34-35-36-37-38-39-40-41-43-45-47-49-51-53-55-61(65)62-59(58-69-70(66,67)68-57-56-63(3,4)5)60(64)54-52-50-48-46-44-42-21-19-17-15-13-11-9-7-2/h59-60,64H,6-58H2,1-5H3,(H-,62,65,66,67)/t59-,60+/m0/s1. The van der Waals surface area contributed by atoms with Crippen LogP contribution in [0.2, 0.25) is 0 Å². The molecule has 0 aliphatic heterocycles. The fraction of sp³-hybridized carbons (Fsp3) is 0.984. The minimum absolute atomic E-state index is 0.0165. The maximum atomic E-state index is 13.0. The van der Waals surface area contributed by atoms with Crippen molar-refractivity contribution in [3.8, 4) is 0 Å². The van der Waals surface area contributed by atoms with Gasteiger partial charge in [0.15, 0.2) is 0 Å². The van der Waals surface area contributed by atoms with Crippen LogP contribution in [0.25, 0.3) is 0 Å². The molecule has 0 saturated carbocycles. The van der Waals surface area contributed by atoms with Gasteiger partial charge in [0, 0.05) is 6.42 Å². The summed E-state index contributed by atoms with van der Waals surface area (Å²) in [5.41, 5.74) is 0. The topological polar surface area (TPSA) is 108 Å². The number of nitrogens with zero attached hydrogens (tertiary/aromatic N) is 1. The number of hydrogen-bond acceptors (Lipinski definition) is 6. The average Bonchev–Trinajstić information content (AvgIpc) is 3.32. The Bertz CT molecular complexity index is 1100. The summed E-state index contributed by atoms with van der Waals surface area (Å²) in [5, 5.41) is 14.0. The maximum Gasteiger partial charge on any atom is 0.268 e. The number of phosphoric acid groups is 1. The molecule has 3 atom stereocenters. The molecule has 9 heteroatoms. The van der Waals surface area contributed by atoms with Gasteiger partial charge in [0.2, 0.25) is 5.91 Å². The van der Waals surface area contributed by atoms with Gasteiger partial charge in [-0.25, -0.2) is 0 Å². The number of nitrogens with one attached hydrogen (secondary N) is 1. The number of aliphatic hydroxyl groups is 1. The van der Waals surface area contributed by atoms with Gasteiger partial charge in [-0.3, -0.25) is 9.36 Å². The number of unbranched alkanes of at least 4 members (excludes halogenated alkanes) is 46. The van der Waals surface area contributed by atoms with Crippen molar-refractivity contribution in [2.45, 2.75) is 347 Å². The van der Waals surface area contributed by atoms with Gasteiger partial charge < -0.3 is 28.8 Å². The number of phosphoric ester groups is 1. The van der Waals surface area contributed by atoms with Crippen LogP contribution in [0.5, 0.6) is 0 Å². The monoisotopic (exact) mass is 1010 g/mol. The first-order valence-corrected chi connectivity index (χ1v) is 32.8. The van der Waals surface area contributed by atoms with Gasteiger partial charge >= 0.3 is 0 Å². The molecule has 8 nitrogen and oxygen atoms in total. The van der Waals surface area contributed by atoms with Crippen LogP contribution in [0.1, 0.15) is 335 Å². The fourth-order valence-electron chi connectivity index (χ4n) is 9.93. The molecule has 420 valence electrons. The predicted octanol–water partition coefficient (Wildman–Crippen LogP) is 18.6. The van der Waals surface area contributed by atoms with Gasteiger partial charge in [-0.2, -0.15) is 0 Å². The van der Waals surface area contributed by atoms with Crippen LogP contribution < -0.4 is 10.2 Å². The number of amides is 1. The van der Waals surface area contributed by atoms with Gasteiger partial charge in [0.05, 0.1) is 39.9 Å². The summed E-state index contributed by atoms with van der Waals surface area (Å²) >= 11 is 0. The van der Waals surface area contributed by atoms with Crippen LogP contribution in [0, 0.1) is 0 Å². The molecule has 1 unspecified atom stereocenters. The van der Waals surface area contributed by atoms with Crippen LogP contribution in [0.15, 0.2) is 0 Å². The van der Waals surface area contributed by atoms with Gasteiger partial charge in [0.25, 0.3) is 7.82 Å². The average molecular weight is 1010 g/mol. The Kier molecular flexibility index (Phi) is 52.9. The predicted molar refractivity (Wildman–Crippen MR) is 303 cm³/mol. The van der Waals surface area contributed by atoms with E-state index in [0.717, 1.165) is 38.5 Å². The molecule has 0 aromatic carbocycles. The lowest BCUT2D eigenvalue weighted by Gasteiger charge is -2.30. The zero-order valence-corrected chi connectivity index (χ0v) is 48.9. The first-order valence-electron chi connectivity index (χ1n) is 31.4. The lowest BCUT2D eigenvalue weighted by Crippen LogP contribution is -2.46. The number of likely N-dealkylation sites (N-methyl/N-ethyl adjacent to an activating group) is 1. The Morgan fingerprint density at radius 2 is 0.700 bits per heavy atom. The van der Waals surface area contributed by atoms with Crippen LogP contribution in [0.3, 0.4) is 0 Å². The molecule has 1 amide bonds. The van der Waals surface area contributed by atoms with Crippen molar-refractivity contribution in [1.29, 1.82) is 0 Å². The molecule has 0 heterocycles. The molecule has 0 rings (SSSR count). The van der Waals surface area contributed by atoms with Crippen LogP contribution in [0.4, 0.5) is 0 Å². The molecule has 0 bridgehead atoms. The summed E-state index contributed by atoms with van der Waals surface area (Å²) in [7, 11) is 1.33. The second-order valence-corrected chi connectivity index (χ2v) is 24.5. The van der Waals surface area contributed by atoms with E-state index in [-0.39, 0.29) is 19.1 Å². The van der Waals surface area contributed by atoms with Crippen molar-refractivity contribution in [2.75, 3.05) is 40.9 Å². The largest absolute Gasteiger partial charge is 0.756 e. The summed E-state index contributed by atoms with van der Waals surface area (Å²) in [4.78, 5) is 25.5. The van der Waals surface area contributed by atoms with Crippen molar-refractivity contribution in [3.05, 3.63) is 0 Å². The lowest BCUT2D eigenvalue weighted by molar-refractivity contribution is -0.870. The zero-order valence-electron chi connectivity index (χ0n) is 48.0. The number of hydrogen-bond donors (Lipinski definition) is 2. The molecule has 0 fully saturated rings. The van der Waals surface area contributed by atoms with Gasteiger partial charge in [0.1, 0.15) is 13.2 Å². The highest BCUT2D eigenvalue weighted by molar-refractivity contribution is 7.45. The third-order valence-corrected chi connectivity index (χ3v) is 15.8. The normalized spacial score (nSPS) is 13.8. The zero-order chi connectivity index (χ0) is 51.3. The number of quaternary nitrogens is 1. The van der Waals surface area contributed by atoms with Crippen LogP contribution >= 0.6 is 7.82 Å². The summed E-state index contributed by atoms with van der Waals surface area (Å²) in [6.07, 6.45) is 64.6. The highest BCUT2D eigenvalue weighted by atomic mass is 31.2. The van der Waals surface area contributed by atoms with E-state index in [4.69, 9.17) is 9.05 Å². The van der Waals surface area contributed by atoms with Crippen molar-refractivity contribution < 1.29 is 32.9 Å². The Labute approximate surface area is 438 Å². The quantitative estimate of drug-likeness (QED) is 0.0357. The minimum atomic E-state index is -4.57. The van der Waals surface area contributed by atoms with Crippen LogP contribution in [-0.2, 0) is 18.4 Å². The second kappa shape index (κ2) is 53.3. The van der Waals surface area contributed by atoms with E-state index in [1.165, 1.54) is 270 Å². The molecule has 0 saturated heterocycles. The Hall–Kier alpha value is -0.500. The highest BCUT2D eigenvalue weighted by Gasteiger charge is 2.24. The molecule has 2 N–H and O–H groups in total. The summed E-state index contributed by atoms with van der Waals surface area (Å²) in [6.45, 7) is 4.77. The molecule has 0 spiro atoms. The smallest absolute Gasteiger partial charge is 0.268 e. The minimum Gasteiger partial charge on any atom is -0.756 e. The Balaban J connectivity index is 3.89. The molecular weight excluding hydrogens is 888 g/mol. The molecule has 0 radical (unpaired) electrons. The molecule has 70 heavy (non-hydrogen) atoms. The number of carbonyl (C=O) groups excluding carboxylic acids is 1. The summed E-state index contributed by atoms with van der Waals surface area (Å²) in [6, 6.07) is -0.795. The first-order chi connectivity index (χ1) is 34.0.